The van der Waals surface area contributed by atoms with E-state index in [4.69, 9.17) is 11.6 Å². The highest BCUT2D eigenvalue weighted by Gasteiger charge is 2.30. The smallest absolute Gasteiger partial charge is 0.137 e. The van der Waals surface area contributed by atoms with Crippen LogP contribution in [0.25, 0.3) is 10.9 Å². The molecule has 1 fully saturated rings. The summed E-state index contributed by atoms with van der Waals surface area (Å²) in [6, 6.07) is 7.79. The Balaban J connectivity index is 1.72. The minimum absolute atomic E-state index is 0.0359. The highest BCUT2D eigenvalue weighted by Crippen LogP contribution is 2.36. The zero-order chi connectivity index (χ0) is 19.0. The number of imidazole rings is 1. The van der Waals surface area contributed by atoms with Gasteiger partial charge < -0.3 is 14.6 Å². The van der Waals surface area contributed by atoms with Crippen LogP contribution in [0, 0.1) is 17.2 Å². The number of fused-ring (bicyclic) bond motifs is 1. The van der Waals surface area contributed by atoms with Crippen molar-refractivity contribution in [2.75, 3.05) is 18.0 Å². The molecule has 0 bridgehead atoms. The number of nitrogens with zero attached hydrogens (tertiary/aromatic N) is 5. The Hall–Kier alpha value is -2.62. The van der Waals surface area contributed by atoms with Gasteiger partial charge in [-0.2, -0.15) is 5.26 Å². The van der Waals surface area contributed by atoms with Crippen molar-refractivity contribution in [2.45, 2.75) is 18.9 Å². The molecular formula is C20H20ClN5O. The third-order valence-corrected chi connectivity index (χ3v) is 5.50. The Morgan fingerprint density at radius 2 is 2.22 bits per heavy atom. The monoisotopic (exact) mass is 381 g/mol. The molecule has 0 radical (unpaired) electrons. The van der Waals surface area contributed by atoms with Crippen LogP contribution in [0.3, 0.4) is 0 Å². The number of halogens is 1. The molecule has 0 amide bonds. The Morgan fingerprint density at radius 1 is 1.37 bits per heavy atom. The first-order valence-electron chi connectivity index (χ1n) is 8.97. The average molecular weight is 382 g/mol. The van der Waals surface area contributed by atoms with Gasteiger partial charge in [0.05, 0.1) is 16.8 Å². The van der Waals surface area contributed by atoms with Gasteiger partial charge in [0.25, 0.3) is 0 Å². The second kappa shape index (κ2) is 7.18. The minimum Gasteiger partial charge on any atom is -0.385 e. The molecule has 2 atom stereocenters. The number of aromatic nitrogens is 3. The number of pyridine rings is 1. The van der Waals surface area contributed by atoms with Crippen LogP contribution in [0.5, 0.6) is 0 Å². The van der Waals surface area contributed by atoms with Crippen LogP contribution in [0.4, 0.5) is 5.69 Å². The molecule has 0 spiro atoms. The quantitative estimate of drug-likeness (QED) is 0.751. The maximum Gasteiger partial charge on any atom is 0.137 e. The fourth-order valence-electron chi connectivity index (χ4n) is 3.92. The van der Waals surface area contributed by atoms with Crippen LogP contribution in [0.1, 0.15) is 30.3 Å². The predicted octanol–water partition coefficient (Wildman–Crippen LogP) is 3.44. The number of aliphatic hydroxyl groups excluding tert-OH is 1. The van der Waals surface area contributed by atoms with Crippen LogP contribution in [0.2, 0.25) is 5.02 Å². The molecule has 1 aliphatic rings. The molecule has 1 N–H and O–H groups in total. The zero-order valence-corrected chi connectivity index (χ0v) is 15.8. The van der Waals surface area contributed by atoms with E-state index in [2.05, 4.69) is 20.9 Å². The summed E-state index contributed by atoms with van der Waals surface area (Å²) in [6.45, 7) is 1.47. The summed E-state index contributed by atoms with van der Waals surface area (Å²) in [6.07, 6.45) is 6.36. The van der Waals surface area contributed by atoms with Gasteiger partial charge in [-0.15, -0.1) is 0 Å². The van der Waals surface area contributed by atoms with Crippen LogP contribution < -0.4 is 4.90 Å². The molecule has 0 saturated carbocycles. The molecule has 3 aromatic rings. The third-order valence-electron chi connectivity index (χ3n) is 5.27. The van der Waals surface area contributed by atoms with Crippen molar-refractivity contribution in [3.05, 3.63) is 53.2 Å². The first-order valence-corrected chi connectivity index (χ1v) is 9.35. The van der Waals surface area contributed by atoms with Crippen LogP contribution in [0.15, 0.2) is 36.8 Å². The summed E-state index contributed by atoms with van der Waals surface area (Å²) in [7, 11) is 1.89. The van der Waals surface area contributed by atoms with Gasteiger partial charge in [0.2, 0.25) is 0 Å². The topological polar surface area (TPSA) is 78.0 Å². The number of aliphatic hydroxyl groups is 1. The summed E-state index contributed by atoms with van der Waals surface area (Å²) in [5.41, 5.74) is 2.18. The molecule has 1 aromatic carbocycles. The van der Waals surface area contributed by atoms with Crippen molar-refractivity contribution in [1.29, 1.82) is 5.26 Å². The van der Waals surface area contributed by atoms with E-state index in [1.165, 1.54) is 0 Å². The number of piperidine rings is 1. The molecule has 3 heterocycles. The molecule has 1 aliphatic heterocycles. The Kier molecular flexibility index (Phi) is 4.73. The molecule has 6 nitrogen and oxygen atoms in total. The van der Waals surface area contributed by atoms with E-state index in [0.717, 1.165) is 36.0 Å². The lowest BCUT2D eigenvalue weighted by Gasteiger charge is -2.37. The van der Waals surface area contributed by atoms with Gasteiger partial charge in [-0.25, -0.2) is 4.98 Å². The zero-order valence-electron chi connectivity index (χ0n) is 15.0. The second-order valence-electron chi connectivity index (χ2n) is 6.98. The second-order valence-corrected chi connectivity index (χ2v) is 7.42. The first kappa shape index (κ1) is 17.8. The average Bonchev–Trinajstić information content (AvgIpc) is 3.12. The van der Waals surface area contributed by atoms with Gasteiger partial charge in [-0.05, 0) is 31.0 Å². The number of nitriles is 1. The van der Waals surface area contributed by atoms with E-state index < -0.39 is 6.10 Å². The van der Waals surface area contributed by atoms with E-state index in [0.29, 0.717) is 23.0 Å². The molecule has 27 heavy (non-hydrogen) atoms. The molecule has 1 saturated heterocycles. The minimum atomic E-state index is -0.643. The molecule has 138 valence electrons. The highest BCUT2D eigenvalue weighted by molar-refractivity contribution is 6.31. The SMILES string of the molecule is Cn1ccnc1C(O)C1CCCN(c2c(C#N)cnc3ccc(Cl)cc23)C1. The third kappa shape index (κ3) is 3.25. The Bertz CT molecular complexity index is 1020. The standard InChI is InChI=1S/C20H20ClN5O/c1-25-8-6-23-20(25)19(27)13-3-2-7-26(12-13)18-14(10-22)11-24-17-5-4-15(21)9-16(17)18/h4-6,8-9,11,13,19,27H,2-3,7,12H2,1H3. The maximum absolute atomic E-state index is 10.9. The lowest BCUT2D eigenvalue weighted by atomic mass is 9.91. The van der Waals surface area contributed by atoms with E-state index >= 15 is 0 Å². The summed E-state index contributed by atoms with van der Waals surface area (Å²) in [5.74, 6) is 0.707. The number of hydrogen-bond acceptors (Lipinski definition) is 5. The molecule has 4 rings (SSSR count). The lowest BCUT2D eigenvalue weighted by molar-refractivity contribution is 0.0875. The first-order chi connectivity index (χ1) is 13.1. The maximum atomic E-state index is 10.9. The van der Waals surface area contributed by atoms with Crippen LogP contribution >= 0.6 is 11.6 Å². The van der Waals surface area contributed by atoms with E-state index in [9.17, 15) is 10.4 Å². The molecule has 0 aliphatic carbocycles. The summed E-state index contributed by atoms with van der Waals surface area (Å²) >= 11 is 6.21. The number of anilines is 1. The van der Waals surface area contributed by atoms with Gasteiger partial charge >= 0.3 is 0 Å². The summed E-state index contributed by atoms with van der Waals surface area (Å²) in [5, 5.41) is 22.0. The molecule has 2 aromatic heterocycles. The van der Waals surface area contributed by atoms with Crippen molar-refractivity contribution in [2.24, 2.45) is 13.0 Å². The van der Waals surface area contributed by atoms with Gasteiger partial charge in [-0.1, -0.05) is 11.6 Å². The van der Waals surface area contributed by atoms with Crippen molar-refractivity contribution < 1.29 is 5.11 Å². The summed E-state index contributed by atoms with van der Waals surface area (Å²) < 4.78 is 1.85. The van der Waals surface area contributed by atoms with Gasteiger partial charge in [0.15, 0.2) is 0 Å². The van der Waals surface area contributed by atoms with Gasteiger partial charge in [-0.3, -0.25) is 4.98 Å². The van der Waals surface area contributed by atoms with Gasteiger partial charge in [0, 0.05) is 55.1 Å². The fraction of sp³-hybridized carbons (Fsp3) is 0.350. The van der Waals surface area contributed by atoms with Crippen molar-refractivity contribution in [3.63, 3.8) is 0 Å². The number of hydrogen-bond donors (Lipinski definition) is 1. The lowest BCUT2D eigenvalue weighted by Crippen LogP contribution is -2.39. The summed E-state index contributed by atoms with van der Waals surface area (Å²) in [4.78, 5) is 10.9. The molecular weight excluding hydrogens is 362 g/mol. The largest absolute Gasteiger partial charge is 0.385 e. The van der Waals surface area contributed by atoms with Gasteiger partial charge in [0.1, 0.15) is 18.0 Å². The number of rotatable bonds is 3. The molecule has 7 heteroatoms. The predicted molar refractivity (Wildman–Crippen MR) is 105 cm³/mol. The van der Waals surface area contributed by atoms with Crippen LogP contribution in [-0.4, -0.2) is 32.7 Å². The van der Waals surface area contributed by atoms with E-state index in [1.807, 2.05) is 29.9 Å². The normalized spacial score (nSPS) is 18.4. The number of aryl methyl sites for hydroxylation is 1. The van der Waals surface area contributed by atoms with Crippen molar-refractivity contribution >= 4 is 28.2 Å². The highest BCUT2D eigenvalue weighted by atomic mass is 35.5. The van der Waals surface area contributed by atoms with Crippen LogP contribution in [-0.2, 0) is 7.05 Å². The van der Waals surface area contributed by atoms with Crippen molar-refractivity contribution in [1.82, 2.24) is 14.5 Å². The Morgan fingerprint density at radius 3 is 2.96 bits per heavy atom. The van der Waals surface area contributed by atoms with E-state index in [-0.39, 0.29) is 5.92 Å². The number of benzene rings is 1. The van der Waals surface area contributed by atoms with Crippen molar-refractivity contribution in [3.8, 4) is 6.07 Å². The van der Waals surface area contributed by atoms with E-state index in [1.54, 1.807) is 18.5 Å². The Labute approximate surface area is 162 Å². The molecule has 2 unspecified atom stereocenters. The fourth-order valence-corrected chi connectivity index (χ4v) is 4.09.